The molecule has 10 nitrogen and oxygen atoms in total. The SMILES string of the molecule is Cc1cccc(C(=O)N2CCN(C(=O)c3ccc([N+](=O)[O-])cc3)C2C(=O)NC2CCC(N)CC2)c1. The minimum Gasteiger partial charge on any atom is -0.350 e. The van der Waals surface area contributed by atoms with Crippen LogP contribution in [-0.4, -0.2) is 63.8 Å². The first-order valence-electron chi connectivity index (χ1n) is 11.7. The topological polar surface area (TPSA) is 139 Å². The lowest BCUT2D eigenvalue weighted by atomic mass is 9.92. The lowest BCUT2D eigenvalue weighted by Crippen LogP contribution is -2.56. The number of nitrogens with two attached hydrogens (primary N) is 1. The van der Waals surface area contributed by atoms with Crippen LogP contribution in [0.4, 0.5) is 5.69 Å². The molecule has 35 heavy (non-hydrogen) atoms. The summed E-state index contributed by atoms with van der Waals surface area (Å²) in [6.07, 6.45) is 1.95. The van der Waals surface area contributed by atoms with E-state index in [4.69, 9.17) is 5.73 Å². The number of aryl methyl sites for hydroxylation is 1. The molecule has 1 unspecified atom stereocenters. The Morgan fingerprint density at radius 1 is 0.943 bits per heavy atom. The highest BCUT2D eigenvalue weighted by Crippen LogP contribution is 2.24. The fourth-order valence-electron chi connectivity index (χ4n) is 4.71. The molecule has 0 aromatic heterocycles. The molecule has 1 aliphatic carbocycles. The maximum Gasteiger partial charge on any atom is 0.269 e. The minimum atomic E-state index is -1.12. The number of hydrogen-bond acceptors (Lipinski definition) is 6. The Labute approximate surface area is 203 Å². The molecular formula is C25H29N5O5. The van der Waals surface area contributed by atoms with Gasteiger partial charge in [0, 0.05) is 48.4 Å². The zero-order chi connectivity index (χ0) is 25.1. The van der Waals surface area contributed by atoms with E-state index in [-0.39, 0.29) is 42.3 Å². The van der Waals surface area contributed by atoms with Gasteiger partial charge in [-0.05, 0) is 56.9 Å². The van der Waals surface area contributed by atoms with Crippen molar-refractivity contribution in [3.8, 4) is 0 Å². The standard InChI is InChI=1S/C25H29N5O5/c1-16-3-2-4-18(15-16)25(33)29-14-13-28(24(32)17-5-11-21(12-6-17)30(34)35)23(29)22(31)27-20-9-7-19(26)8-10-20/h2-6,11-12,15,19-20,23H,7-10,13-14,26H2,1H3,(H,27,31). The third-order valence-electron chi connectivity index (χ3n) is 6.64. The summed E-state index contributed by atoms with van der Waals surface area (Å²) in [5.41, 5.74) is 7.41. The van der Waals surface area contributed by atoms with Gasteiger partial charge in [-0.1, -0.05) is 17.7 Å². The summed E-state index contributed by atoms with van der Waals surface area (Å²) in [4.78, 5) is 53.4. The smallest absolute Gasteiger partial charge is 0.269 e. The number of nitrogens with zero attached hydrogens (tertiary/aromatic N) is 3. The third kappa shape index (κ3) is 5.32. The largest absolute Gasteiger partial charge is 0.350 e. The number of carbonyl (C=O) groups excluding carboxylic acids is 3. The van der Waals surface area contributed by atoms with E-state index in [1.54, 1.807) is 18.2 Å². The Morgan fingerprint density at radius 2 is 1.54 bits per heavy atom. The summed E-state index contributed by atoms with van der Waals surface area (Å²) in [5.74, 6) is -1.22. The molecule has 1 heterocycles. The van der Waals surface area contributed by atoms with Crippen molar-refractivity contribution < 1.29 is 19.3 Å². The van der Waals surface area contributed by atoms with Crippen LogP contribution in [0.2, 0.25) is 0 Å². The first-order chi connectivity index (χ1) is 16.7. The van der Waals surface area contributed by atoms with Gasteiger partial charge in [-0.2, -0.15) is 0 Å². The monoisotopic (exact) mass is 479 g/mol. The van der Waals surface area contributed by atoms with Gasteiger partial charge in [0.25, 0.3) is 23.4 Å². The molecule has 2 aliphatic rings. The molecule has 0 radical (unpaired) electrons. The molecule has 4 rings (SSSR count). The normalized spacial score (nSPS) is 22.1. The van der Waals surface area contributed by atoms with Gasteiger partial charge < -0.3 is 20.9 Å². The molecule has 184 valence electrons. The van der Waals surface area contributed by atoms with E-state index in [1.807, 2.05) is 13.0 Å². The van der Waals surface area contributed by atoms with E-state index >= 15 is 0 Å². The Morgan fingerprint density at radius 3 is 2.11 bits per heavy atom. The van der Waals surface area contributed by atoms with E-state index in [9.17, 15) is 24.5 Å². The molecule has 1 aliphatic heterocycles. The number of non-ortho nitro benzene ring substituents is 1. The van der Waals surface area contributed by atoms with E-state index in [0.717, 1.165) is 31.2 Å². The van der Waals surface area contributed by atoms with Gasteiger partial charge in [-0.3, -0.25) is 24.5 Å². The first kappa shape index (κ1) is 24.3. The lowest BCUT2D eigenvalue weighted by molar-refractivity contribution is -0.384. The quantitative estimate of drug-likeness (QED) is 0.498. The van der Waals surface area contributed by atoms with Crippen molar-refractivity contribution in [1.82, 2.24) is 15.1 Å². The van der Waals surface area contributed by atoms with E-state index in [1.165, 1.54) is 34.1 Å². The van der Waals surface area contributed by atoms with Gasteiger partial charge in [-0.15, -0.1) is 0 Å². The van der Waals surface area contributed by atoms with Crippen molar-refractivity contribution in [2.75, 3.05) is 13.1 Å². The second-order valence-electron chi connectivity index (χ2n) is 9.16. The number of nitro benzene ring substituents is 1. The van der Waals surface area contributed by atoms with Gasteiger partial charge in [0.05, 0.1) is 4.92 Å². The van der Waals surface area contributed by atoms with Crippen LogP contribution in [0, 0.1) is 17.0 Å². The van der Waals surface area contributed by atoms with Crippen molar-refractivity contribution in [2.24, 2.45) is 5.73 Å². The van der Waals surface area contributed by atoms with Gasteiger partial charge in [0.1, 0.15) is 0 Å². The molecule has 3 amide bonds. The second-order valence-corrected chi connectivity index (χ2v) is 9.16. The highest BCUT2D eigenvalue weighted by molar-refractivity contribution is 6.02. The Kier molecular flexibility index (Phi) is 7.11. The van der Waals surface area contributed by atoms with Gasteiger partial charge in [0.2, 0.25) is 0 Å². The molecule has 0 spiro atoms. The van der Waals surface area contributed by atoms with Crippen LogP contribution in [0.25, 0.3) is 0 Å². The molecular weight excluding hydrogens is 450 g/mol. The van der Waals surface area contributed by atoms with Crippen molar-refractivity contribution in [3.05, 3.63) is 75.3 Å². The van der Waals surface area contributed by atoms with E-state index in [2.05, 4.69) is 5.32 Å². The maximum atomic E-state index is 13.5. The predicted molar refractivity (Wildman–Crippen MR) is 129 cm³/mol. The number of hydrogen-bond donors (Lipinski definition) is 2. The first-order valence-corrected chi connectivity index (χ1v) is 11.7. The highest BCUT2D eigenvalue weighted by Gasteiger charge is 2.43. The molecule has 0 bridgehead atoms. The number of nitrogens with one attached hydrogen (secondary N) is 1. The molecule has 10 heteroatoms. The van der Waals surface area contributed by atoms with E-state index in [0.29, 0.717) is 5.56 Å². The minimum absolute atomic E-state index is 0.0739. The summed E-state index contributed by atoms with van der Waals surface area (Å²) >= 11 is 0. The Balaban J connectivity index is 1.60. The Hall–Kier alpha value is -3.79. The van der Waals surface area contributed by atoms with Gasteiger partial charge in [-0.25, -0.2) is 0 Å². The second kappa shape index (κ2) is 10.2. The van der Waals surface area contributed by atoms with Crippen LogP contribution >= 0.6 is 0 Å². The lowest BCUT2D eigenvalue weighted by Gasteiger charge is -2.32. The fraction of sp³-hybridized carbons (Fsp3) is 0.400. The zero-order valence-corrected chi connectivity index (χ0v) is 19.6. The number of nitro groups is 1. The number of benzene rings is 2. The molecule has 2 aromatic rings. The maximum absolute atomic E-state index is 13.5. The molecule has 1 atom stereocenters. The van der Waals surface area contributed by atoms with Crippen LogP contribution in [0.15, 0.2) is 48.5 Å². The van der Waals surface area contributed by atoms with Crippen molar-refractivity contribution in [2.45, 2.75) is 50.9 Å². The van der Waals surface area contributed by atoms with Crippen LogP contribution in [0.3, 0.4) is 0 Å². The van der Waals surface area contributed by atoms with Crippen molar-refractivity contribution >= 4 is 23.4 Å². The van der Waals surface area contributed by atoms with Crippen LogP contribution in [0.1, 0.15) is 52.0 Å². The van der Waals surface area contributed by atoms with Gasteiger partial charge >= 0.3 is 0 Å². The summed E-state index contributed by atoms with van der Waals surface area (Å²) in [5, 5.41) is 14.0. The summed E-state index contributed by atoms with van der Waals surface area (Å²) in [6.45, 7) is 2.24. The molecule has 3 N–H and O–H groups in total. The van der Waals surface area contributed by atoms with E-state index < -0.39 is 22.9 Å². The van der Waals surface area contributed by atoms with Crippen molar-refractivity contribution in [1.29, 1.82) is 0 Å². The van der Waals surface area contributed by atoms with Crippen LogP contribution in [0.5, 0.6) is 0 Å². The molecule has 2 fully saturated rings. The number of carbonyl (C=O) groups is 3. The summed E-state index contributed by atoms with van der Waals surface area (Å²) in [6, 6.07) is 12.4. The third-order valence-corrected chi connectivity index (χ3v) is 6.64. The highest BCUT2D eigenvalue weighted by atomic mass is 16.6. The molecule has 2 aromatic carbocycles. The molecule has 1 saturated heterocycles. The van der Waals surface area contributed by atoms with Crippen molar-refractivity contribution in [3.63, 3.8) is 0 Å². The molecule has 1 saturated carbocycles. The van der Waals surface area contributed by atoms with Crippen LogP contribution < -0.4 is 11.1 Å². The average molecular weight is 480 g/mol. The fourth-order valence-corrected chi connectivity index (χ4v) is 4.71. The average Bonchev–Trinajstić information content (AvgIpc) is 3.30. The number of amides is 3. The summed E-state index contributed by atoms with van der Waals surface area (Å²) in [7, 11) is 0. The van der Waals surface area contributed by atoms with Gasteiger partial charge in [0.15, 0.2) is 6.17 Å². The zero-order valence-electron chi connectivity index (χ0n) is 19.6. The number of rotatable bonds is 5. The predicted octanol–water partition coefficient (Wildman–Crippen LogP) is 2.21. The summed E-state index contributed by atoms with van der Waals surface area (Å²) < 4.78 is 0. The Bertz CT molecular complexity index is 1130. The van der Waals surface area contributed by atoms with Crippen LogP contribution in [-0.2, 0) is 4.79 Å².